The maximum atomic E-state index is 13.8. The summed E-state index contributed by atoms with van der Waals surface area (Å²) in [5, 5.41) is 2.99. The van der Waals surface area contributed by atoms with Gasteiger partial charge in [0.05, 0.1) is 23.2 Å². The lowest BCUT2D eigenvalue weighted by Crippen LogP contribution is -2.41. The second-order valence-electron chi connectivity index (χ2n) is 8.76. The van der Waals surface area contributed by atoms with E-state index in [0.29, 0.717) is 18.0 Å². The van der Waals surface area contributed by atoms with E-state index in [9.17, 15) is 13.2 Å². The molecular weight excluding hydrogens is 492 g/mol. The molecule has 36 heavy (non-hydrogen) atoms. The van der Waals surface area contributed by atoms with E-state index in [-0.39, 0.29) is 17.5 Å². The number of amides is 1. The van der Waals surface area contributed by atoms with Crippen LogP contribution in [0.1, 0.15) is 43.0 Å². The van der Waals surface area contributed by atoms with Gasteiger partial charge in [0.2, 0.25) is 5.91 Å². The maximum absolute atomic E-state index is 13.8. The van der Waals surface area contributed by atoms with E-state index in [1.165, 1.54) is 22.9 Å². The third kappa shape index (κ3) is 5.71. The number of ether oxygens (including phenoxy) is 1. The minimum absolute atomic E-state index is 0.117. The Morgan fingerprint density at radius 2 is 1.78 bits per heavy atom. The van der Waals surface area contributed by atoms with E-state index in [2.05, 4.69) is 17.4 Å². The van der Waals surface area contributed by atoms with E-state index < -0.39 is 15.9 Å². The molecular formula is C28H32N2O4S2. The van der Waals surface area contributed by atoms with Crippen LogP contribution in [-0.2, 0) is 27.7 Å². The number of rotatable bonds is 10. The summed E-state index contributed by atoms with van der Waals surface area (Å²) in [4.78, 5) is 14.3. The van der Waals surface area contributed by atoms with E-state index in [4.69, 9.17) is 4.74 Å². The molecule has 0 saturated heterocycles. The standard InChI is InChI=1S/C28H32N2O4S2/c1-4-34-27-11-6-5-10-26(27)30(36(32,33)25-16-14-24(35-3)15-17-25)19-28(31)29-20(2)22-13-12-21-8-7-9-23(21)18-22/h5-6,10-18,20H,4,7-9,19H2,1-3H3,(H,29,31)/t20-/m1/s1. The molecule has 0 aliphatic heterocycles. The molecule has 190 valence electrons. The topological polar surface area (TPSA) is 75.7 Å². The van der Waals surface area contributed by atoms with Crippen molar-refractivity contribution in [3.8, 4) is 5.75 Å². The molecule has 8 heteroatoms. The molecule has 1 aliphatic carbocycles. The smallest absolute Gasteiger partial charge is 0.264 e. The Morgan fingerprint density at radius 1 is 1.06 bits per heavy atom. The number of hydrogen-bond acceptors (Lipinski definition) is 5. The number of sulfonamides is 1. The van der Waals surface area contributed by atoms with Gasteiger partial charge in [0.25, 0.3) is 10.0 Å². The lowest BCUT2D eigenvalue weighted by atomic mass is 10.0. The Kier molecular flexibility index (Phi) is 8.26. The van der Waals surface area contributed by atoms with E-state index in [1.807, 2.05) is 26.2 Å². The Balaban J connectivity index is 1.62. The summed E-state index contributed by atoms with van der Waals surface area (Å²) in [5.74, 6) is 0.0161. The predicted molar refractivity (Wildman–Crippen MR) is 145 cm³/mol. The number of carbonyl (C=O) groups is 1. The lowest BCUT2D eigenvalue weighted by Gasteiger charge is -2.27. The zero-order valence-electron chi connectivity index (χ0n) is 20.9. The average Bonchev–Trinajstić information content (AvgIpc) is 3.36. The molecule has 0 aromatic heterocycles. The van der Waals surface area contributed by atoms with Crippen molar-refractivity contribution in [2.24, 2.45) is 0 Å². The van der Waals surface area contributed by atoms with Gasteiger partial charge >= 0.3 is 0 Å². The van der Waals surface area contributed by atoms with Crippen LogP contribution in [0.4, 0.5) is 5.69 Å². The van der Waals surface area contributed by atoms with Crippen molar-refractivity contribution in [1.29, 1.82) is 0 Å². The van der Waals surface area contributed by atoms with E-state index in [0.717, 1.165) is 34.0 Å². The Labute approximate surface area is 218 Å². The maximum Gasteiger partial charge on any atom is 0.264 e. The first-order valence-corrected chi connectivity index (χ1v) is 14.8. The molecule has 6 nitrogen and oxygen atoms in total. The van der Waals surface area contributed by atoms with Gasteiger partial charge in [-0.3, -0.25) is 9.10 Å². The molecule has 0 unspecified atom stereocenters. The van der Waals surface area contributed by atoms with Crippen LogP contribution in [0, 0.1) is 0 Å². The van der Waals surface area contributed by atoms with Crippen LogP contribution >= 0.6 is 11.8 Å². The third-order valence-corrected chi connectivity index (χ3v) is 8.89. The summed E-state index contributed by atoms with van der Waals surface area (Å²) in [6.45, 7) is 3.76. The minimum atomic E-state index is -4.04. The van der Waals surface area contributed by atoms with Gasteiger partial charge in [-0.05, 0) is 92.5 Å². The molecule has 3 aromatic carbocycles. The number of para-hydroxylation sites is 2. The molecule has 1 N–H and O–H groups in total. The Bertz CT molecular complexity index is 1320. The van der Waals surface area contributed by atoms with Gasteiger partial charge in [0, 0.05) is 4.90 Å². The first-order valence-electron chi connectivity index (χ1n) is 12.1. The summed E-state index contributed by atoms with van der Waals surface area (Å²) in [6.07, 6.45) is 5.24. The first kappa shape index (κ1) is 26.1. The van der Waals surface area contributed by atoms with Crippen LogP contribution in [-0.4, -0.2) is 33.7 Å². The Hall–Kier alpha value is -2.97. The highest BCUT2D eigenvalue weighted by Crippen LogP contribution is 2.33. The monoisotopic (exact) mass is 524 g/mol. The molecule has 0 spiro atoms. The van der Waals surface area contributed by atoms with Gasteiger partial charge < -0.3 is 10.1 Å². The molecule has 0 heterocycles. The number of fused-ring (bicyclic) bond motifs is 1. The quantitative estimate of drug-likeness (QED) is 0.361. The molecule has 1 atom stereocenters. The number of nitrogens with zero attached hydrogens (tertiary/aromatic N) is 1. The SMILES string of the molecule is CCOc1ccccc1N(CC(=O)N[C@H](C)c1ccc2c(c1)CCC2)S(=O)(=O)c1ccc(SC)cc1. The zero-order chi connectivity index (χ0) is 25.7. The van der Waals surface area contributed by atoms with Crippen molar-refractivity contribution in [1.82, 2.24) is 5.32 Å². The van der Waals surface area contributed by atoms with Crippen molar-refractivity contribution < 1.29 is 17.9 Å². The number of hydrogen-bond donors (Lipinski definition) is 1. The van der Waals surface area contributed by atoms with Gasteiger partial charge in [0.15, 0.2) is 0 Å². The third-order valence-electron chi connectivity index (χ3n) is 6.37. The molecule has 0 fully saturated rings. The number of carbonyl (C=O) groups excluding carboxylic acids is 1. The molecule has 0 saturated carbocycles. The second-order valence-corrected chi connectivity index (χ2v) is 11.5. The normalized spacial score (nSPS) is 13.6. The summed E-state index contributed by atoms with van der Waals surface area (Å²) in [6, 6.07) is 19.6. The summed E-state index contributed by atoms with van der Waals surface area (Å²) in [7, 11) is -4.04. The first-order chi connectivity index (χ1) is 17.3. The minimum Gasteiger partial charge on any atom is -0.492 e. The largest absolute Gasteiger partial charge is 0.492 e. The second kappa shape index (κ2) is 11.4. The highest BCUT2D eigenvalue weighted by atomic mass is 32.2. The van der Waals surface area contributed by atoms with Crippen LogP contribution < -0.4 is 14.4 Å². The summed E-state index contributed by atoms with van der Waals surface area (Å²) < 4.78 is 34.4. The van der Waals surface area contributed by atoms with Crippen LogP contribution in [0.2, 0.25) is 0 Å². The molecule has 1 amide bonds. The number of aryl methyl sites for hydroxylation is 2. The molecule has 4 rings (SSSR count). The van der Waals surface area contributed by atoms with Crippen LogP contribution in [0.5, 0.6) is 5.75 Å². The highest BCUT2D eigenvalue weighted by molar-refractivity contribution is 7.98. The Morgan fingerprint density at radius 3 is 2.50 bits per heavy atom. The van der Waals surface area contributed by atoms with E-state index in [1.54, 1.807) is 48.5 Å². The molecule has 1 aliphatic rings. The number of anilines is 1. The number of thioether (sulfide) groups is 1. The molecule has 3 aromatic rings. The summed E-state index contributed by atoms with van der Waals surface area (Å²) in [5.41, 5.74) is 4.04. The fourth-order valence-electron chi connectivity index (χ4n) is 4.48. The predicted octanol–water partition coefficient (Wildman–Crippen LogP) is 5.37. The fraction of sp³-hybridized carbons (Fsp3) is 0.321. The van der Waals surface area contributed by atoms with E-state index >= 15 is 0 Å². The highest BCUT2D eigenvalue weighted by Gasteiger charge is 2.30. The van der Waals surface area contributed by atoms with Crippen LogP contribution in [0.25, 0.3) is 0 Å². The van der Waals surface area contributed by atoms with Crippen LogP contribution in [0.3, 0.4) is 0 Å². The van der Waals surface area contributed by atoms with Gasteiger partial charge in [-0.1, -0.05) is 30.3 Å². The average molecular weight is 525 g/mol. The number of nitrogens with one attached hydrogen (secondary N) is 1. The lowest BCUT2D eigenvalue weighted by molar-refractivity contribution is -0.120. The molecule has 0 bridgehead atoms. The van der Waals surface area contributed by atoms with Crippen molar-refractivity contribution in [2.45, 2.75) is 48.9 Å². The number of benzene rings is 3. The van der Waals surface area contributed by atoms with Gasteiger partial charge in [0.1, 0.15) is 12.3 Å². The van der Waals surface area contributed by atoms with Crippen molar-refractivity contribution in [3.63, 3.8) is 0 Å². The van der Waals surface area contributed by atoms with Crippen molar-refractivity contribution >= 4 is 33.4 Å². The van der Waals surface area contributed by atoms with Gasteiger partial charge in [-0.15, -0.1) is 11.8 Å². The zero-order valence-corrected chi connectivity index (χ0v) is 22.5. The van der Waals surface area contributed by atoms with Gasteiger partial charge in [-0.25, -0.2) is 8.42 Å². The van der Waals surface area contributed by atoms with Crippen molar-refractivity contribution in [3.05, 3.63) is 83.4 Å². The van der Waals surface area contributed by atoms with Crippen molar-refractivity contribution in [2.75, 3.05) is 23.7 Å². The molecule has 0 radical (unpaired) electrons. The summed E-state index contributed by atoms with van der Waals surface area (Å²) >= 11 is 1.53. The fourth-order valence-corrected chi connectivity index (χ4v) is 6.32. The van der Waals surface area contributed by atoms with Crippen LogP contribution in [0.15, 0.2) is 76.5 Å². The van der Waals surface area contributed by atoms with Gasteiger partial charge in [-0.2, -0.15) is 0 Å².